The fourth-order valence-electron chi connectivity index (χ4n) is 2.32. The average Bonchev–Trinajstić information content (AvgIpc) is 2.62. The van der Waals surface area contributed by atoms with E-state index in [4.69, 9.17) is 10.00 Å². The Bertz CT molecular complexity index is 519. The van der Waals surface area contributed by atoms with Gasteiger partial charge in [-0.1, -0.05) is 0 Å². The van der Waals surface area contributed by atoms with Crippen LogP contribution < -0.4 is 0 Å². The molecule has 1 atom stereocenters. The van der Waals surface area contributed by atoms with Crippen LogP contribution in [0, 0.1) is 18.3 Å². The Morgan fingerprint density at radius 3 is 2.95 bits per heavy atom. The first kappa shape index (κ1) is 13.6. The molecule has 0 aliphatic carbocycles. The van der Waals surface area contributed by atoms with E-state index in [9.17, 15) is 4.79 Å². The summed E-state index contributed by atoms with van der Waals surface area (Å²) in [5.41, 5.74) is 2.11. The molecule has 19 heavy (non-hydrogen) atoms. The first-order valence-electron chi connectivity index (χ1n) is 6.53. The number of aryl methyl sites for hydroxylation is 1. The van der Waals surface area contributed by atoms with Crippen LogP contribution in [0.3, 0.4) is 0 Å². The van der Waals surface area contributed by atoms with Crippen LogP contribution in [0.25, 0.3) is 0 Å². The smallest absolute Gasteiger partial charge is 0.254 e. The molecule has 1 saturated heterocycles. The summed E-state index contributed by atoms with van der Waals surface area (Å²) in [5, 5.41) is 8.86. The number of hydrogen-bond donors (Lipinski definition) is 0. The van der Waals surface area contributed by atoms with Gasteiger partial charge in [-0.25, -0.2) is 0 Å². The topological polar surface area (TPSA) is 53.3 Å². The van der Waals surface area contributed by atoms with Crippen molar-refractivity contribution in [1.29, 1.82) is 5.26 Å². The van der Waals surface area contributed by atoms with Gasteiger partial charge >= 0.3 is 0 Å². The monoisotopic (exact) mass is 258 g/mol. The summed E-state index contributed by atoms with van der Waals surface area (Å²) >= 11 is 0. The van der Waals surface area contributed by atoms with Crippen LogP contribution in [0.1, 0.15) is 34.8 Å². The van der Waals surface area contributed by atoms with Gasteiger partial charge in [-0.3, -0.25) is 4.79 Å². The first-order valence-corrected chi connectivity index (χ1v) is 6.53. The summed E-state index contributed by atoms with van der Waals surface area (Å²) in [4.78, 5) is 14.4. The Kier molecular flexibility index (Phi) is 4.18. The molecule has 1 aliphatic heterocycles. The lowest BCUT2D eigenvalue weighted by Gasteiger charge is -2.27. The van der Waals surface area contributed by atoms with Gasteiger partial charge in [0.05, 0.1) is 18.2 Å². The van der Waals surface area contributed by atoms with E-state index in [2.05, 4.69) is 6.07 Å². The highest BCUT2D eigenvalue weighted by Crippen LogP contribution is 2.17. The van der Waals surface area contributed by atoms with Gasteiger partial charge < -0.3 is 9.64 Å². The normalized spacial score (nSPS) is 19.6. The minimum absolute atomic E-state index is 0.0278. The Labute approximate surface area is 113 Å². The summed E-state index contributed by atoms with van der Waals surface area (Å²) in [6.45, 7) is 5.83. The zero-order valence-corrected chi connectivity index (χ0v) is 11.3. The summed E-state index contributed by atoms with van der Waals surface area (Å²) in [7, 11) is 0. The van der Waals surface area contributed by atoms with E-state index in [1.807, 2.05) is 18.7 Å². The van der Waals surface area contributed by atoms with Crippen molar-refractivity contribution in [3.8, 4) is 6.07 Å². The Hall–Kier alpha value is -1.86. The van der Waals surface area contributed by atoms with Gasteiger partial charge in [-0.2, -0.15) is 5.26 Å². The van der Waals surface area contributed by atoms with Crippen LogP contribution in [0.15, 0.2) is 18.2 Å². The molecule has 100 valence electrons. The second-order valence-electron chi connectivity index (χ2n) is 4.89. The fourth-order valence-corrected chi connectivity index (χ4v) is 2.32. The summed E-state index contributed by atoms with van der Waals surface area (Å²) in [6, 6.07) is 7.47. The lowest BCUT2D eigenvalue weighted by Crippen LogP contribution is -2.39. The van der Waals surface area contributed by atoms with Crippen LogP contribution in [0.5, 0.6) is 0 Å². The van der Waals surface area contributed by atoms with E-state index in [0.29, 0.717) is 30.9 Å². The van der Waals surface area contributed by atoms with Gasteiger partial charge in [-0.15, -0.1) is 0 Å². The van der Waals surface area contributed by atoms with Gasteiger partial charge in [-0.05, 0) is 44.0 Å². The number of benzene rings is 1. The third-order valence-electron chi connectivity index (χ3n) is 3.54. The maximum atomic E-state index is 12.6. The van der Waals surface area contributed by atoms with Gasteiger partial charge in [0.1, 0.15) is 0 Å². The Morgan fingerprint density at radius 2 is 2.26 bits per heavy atom. The number of carbonyl (C=O) groups is 1. The largest absolute Gasteiger partial charge is 0.380 e. The summed E-state index contributed by atoms with van der Waals surface area (Å²) in [6.07, 6.45) is 0.862. The number of nitrogens with zero attached hydrogens (tertiary/aromatic N) is 2. The minimum atomic E-state index is 0.0278. The third kappa shape index (κ3) is 2.94. The number of rotatable bonds is 1. The number of amides is 1. The van der Waals surface area contributed by atoms with Crippen molar-refractivity contribution >= 4 is 5.91 Å². The quantitative estimate of drug-likeness (QED) is 0.775. The molecule has 1 aromatic rings. The van der Waals surface area contributed by atoms with Gasteiger partial charge in [0.2, 0.25) is 0 Å². The predicted octanol–water partition coefficient (Wildman–Crippen LogP) is 2.12. The molecule has 0 spiro atoms. The predicted molar refractivity (Wildman–Crippen MR) is 71.8 cm³/mol. The van der Waals surface area contributed by atoms with E-state index >= 15 is 0 Å². The van der Waals surface area contributed by atoms with Crippen LogP contribution >= 0.6 is 0 Å². The first-order chi connectivity index (χ1) is 9.13. The molecule has 1 amide bonds. The van der Waals surface area contributed by atoms with Crippen molar-refractivity contribution in [2.75, 3.05) is 19.8 Å². The molecule has 4 nitrogen and oxygen atoms in total. The SMILES string of the molecule is Cc1cc(C#N)ccc1C(=O)N1CCOCCC1C. The second-order valence-corrected chi connectivity index (χ2v) is 4.89. The van der Waals surface area contributed by atoms with Gasteiger partial charge in [0, 0.05) is 24.8 Å². The number of carbonyl (C=O) groups excluding carboxylic acids is 1. The zero-order chi connectivity index (χ0) is 13.8. The fraction of sp³-hybridized carbons (Fsp3) is 0.467. The molecular formula is C15H18N2O2. The molecule has 0 aromatic heterocycles. The molecule has 1 unspecified atom stereocenters. The summed E-state index contributed by atoms with van der Waals surface area (Å²) < 4.78 is 5.41. The highest BCUT2D eigenvalue weighted by Gasteiger charge is 2.24. The van der Waals surface area contributed by atoms with Crippen molar-refractivity contribution in [3.05, 3.63) is 34.9 Å². The van der Waals surface area contributed by atoms with E-state index in [0.717, 1.165) is 12.0 Å². The maximum absolute atomic E-state index is 12.6. The maximum Gasteiger partial charge on any atom is 0.254 e. The van der Waals surface area contributed by atoms with E-state index in [-0.39, 0.29) is 11.9 Å². The van der Waals surface area contributed by atoms with Crippen molar-refractivity contribution in [2.45, 2.75) is 26.3 Å². The lowest BCUT2D eigenvalue weighted by atomic mass is 10.0. The Morgan fingerprint density at radius 1 is 1.47 bits per heavy atom. The molecule has 1 aliphatic rings. The number of ether oxygens (including phenoxy) is 1. The lowest BCUT2D eigenvalue weighted by molar-refractivity contribution is 0.0686. The standard InChI is InChI=1S/C15H18N2O2/c1-11-9-13(10-16)3-4-14(11)15(18)17-6-8-19-7-5-12(17)2/h3-4,9,12H,5-8H2,1-2H3. The van der Waals surface area contributed by atoms with E-state index < -0.39 is 0 Å². The van der Waals surface area contributed by atoms with Crippen molar-refractivity contribution in [1.82, 2.24) is 4.90 Å². The molecule has 0 N–H and O–H groups in total. The molecule has 1 aromatic carbocycles. The van der Waals surface area contributed by atoms with Crippen LogP contribution in [-0.4, -0.2) is 36.6 Å². The molecule has 1 heterocycles. The molecule has 4 heteroatoms. The number of hydrogen-bond acceptors (Lipinski definition) is 3. The summed E-state index contributed by atoms with van der Waals surface area (Å²) in [5.74, 6) is 0.0278. The molecular weight excluding hydrogens is 240 g/mol. The zero-order valence-electron chi connectivity index (χ0n) is 11.3. The molecule has 0 bridgehead atoms. The van der Waals surface area contributed by atoms with Gasteiger partial charge in [0.15, 0.2) is 0 Å². The molecule has 1 fully saturated rings. The van der Waals surface area contributed by atoms with E-state index in [1.165, 1.54) is 0 Å². The van der Waals surface area contributed by atoms with Crippen LogP contribution in [0.2, 0.25) is 0 Å². The number of nitriles is 1. The van der Waals surface area contributed by atoms with Crippen molar-refractivity contribution < 1.29 is 9.53 Å². The Balaban J connectivity index is 2.25. The van der Waals surface area contributed by atoms with E-state index in [1.54, 1.807) is 18.2 Å². The highest BCUT2D eigenvalue weighted by molar-refractivity contribution is 5.96. The highest BCUT2D eigenvalue weighted by atomic mass is 16.5. The molecule has 0 radical (unpaired) electrons. The van der Waals surface area contributed by atoms with Crippen LogP contribution in [-0.2, 0) is 4.74 Å². The minimum Gasteiger partial charge on any atom is -0.380 e. The third-order valence-corrected chi connectivity index (χ3v) is 3.54. The average molecular weight is 258 g/mol. The van der Waals surface area contributed by atoms with Crippen molar-refractivity contribution in [2.24, 2.45) is 0 Å². The second kappa shape index (κ2) is 5.85. The molecule has 2 rings (SSSR count). The molecule has 0 saturated carbocycles. The van der Waals surface area contributed by atoms with Crippen molar-refractivity contribution in [3.63, 3.8) is 0 Å². The van der Waals surface area contributed by atoms with Crippen LogP contribution in [0.4, 0.5) is 0 Å². The van der Waals surface area contributed by atoms with Gasteiger partial charge in [0.25, 0.3) is 5.91 Å².